The number of nitrogens with one attached hydrogen (secondary N) is 1. The molecule has 12 heteroatoms. The Hall–Kier alpha value is -4.97. The molecule has 3 aromatic carbocycles. The second kappa shape index (κ2) is 13.1. The Balaban J connectivity index is 1.65. The molecule has 0 radical (unpaired) electrons. The molecule has 1 heterocycles. The molecule has 1 aliphatic rings. The smallest absolute Gasteiger partial charge is 0.267 e. The third-order valence-corrected chi connectivity index (χ3v) is 7.40. The topological polar surface area (TPSA) is 164 Å². The lowest BCUT2D eigenvalue weighted by Gasteiger charge is -2.25. The van der Waals surface area contributed by atoms with Gasteiger partial charge in [-0.1, -0.05) is 30.3 Å². The zero-order valence-corrected chi connectivity index (χ0v) is 23.9. The van der Waals surface area contributed by atoms with Crippen molar-refractivity contribution in [3.63, 3.8) is 0 Å². The molecule has 218 valence electrons. The molecule has 2 atom stereocenters. The molecule has 0 aliphatic carbocycles. The van der Waals surface area contributed by atoms with E-state index in [-0.39, 0.29) is 39.5 Å². The summed E-state index contributed by atoms with van der Waals surface area (Å²) in [4.78, 5) is 45.5. The molecule has 42 heavy (non-hydrogen) atoms. The number of benzene rings is 3. The lowest BCUT2D eigenvalue weighted by Crippen LogP contribution is -2.53. The van der Waals surface area contributed by atoms with Crippen molar-refractivity contribution in [1.29, 1.82) is 0 Å². The number of ether oxygens (including phenoxy) is 2. The molecule has 3 amide bonds. The van der Waals surface area contributed by atoms with E-state index in [1.165, 1.54) is 38.2 Å². The van der Waals surface area contributed by atoms with Crippen molar-refractivity contribution in [2.75, 3.05) is 14.2 Å². The number of para-hydroxylation sites is 1. The molecule has 3 aromatic rings. The number of aromatic hydroxyl groups is 2. The fourth-order valence-corrected chi connectivity index (χ4v) is 5.24. The normalized spacial score (nSPS) is 16.4. The first-order chi connectivity index (χ1) is 20.1. The molecule has 5 N–H and O–H groups in total. The zero-order valence-electron chi connectivity index (χ0n) is 23.1. The summed E-state index contributed by atoms with van der Waals surface area (Å²) in [5, 5.41) is 22.7. The van der Waals surface area contributed by atoms with Crippen LogP contribution in [0.4, 0.5) is 5.69 Å². The van der Waals surface area contributed by atoms with Gasteiger partial charge in [0.2, 0.25) is 17.6 Å². The minimum atomic E-state index is -1.07. The van der Waals surface area contributed by atoms with E-state index in [2.05, 4.69) is 10.3 Å². The van der Waals surface area contributed by atoms with Crippen molar-refractivity contribution < 1.29 is 34.1 Å². The molecule has 1 fully saturated rings. The lowest BCUT2D eigenvalue weighted by molar-refractivity contribution is -0.134. The fourth-order valence-electron chi connectivity index (χ4n) is 4.17. The summed E-state index contributed by atoms with van der Waals surface area (Å²) in [6.07, 6.45) is 1.68. The van der Waals surface area contributed by atoms with Gasteiger partial charge in [-0.05, 0) is 72.3 Å². The number of rotatable bonds is 10. The van der Waals surface area contributed by atoms with Crippen molar-refractivity contribution >= 4 is 46.4 Å². The molecule has 1 saturated heterocycles. The summed E-state index contributed by atoms with van der Waals surface area (Å²) in [7, 11) is 2.79. The van der Waals surface area contributed by atoms with Gasteiger partial charge in [0.1, 0.15) is 17.8 Å². The molecule has 0 spiro atoms. The minimum Gasteiger partial charge on any atom is -0.508 e. The predicted octanol–water partition coefficient (Wildman–Crippen LogP) is 3.32. The Morgan fingerprint density at radius 2 is 1.67 bits per heavy atom. The molecule has 1 aliphatic heterocycles. The number of phenols is 2. The Bertz CT molecular complexity index is 1520. The Kier molecular flexibility index (Phi) is 9.38. The maximum Gasteiger partial charge on any atom is 0.267 e. The highest BCUT2D eigenvalue weighted by molar-refractivity contribution is 8.18. The predicted molar refractivity (Wildman–Crippen MR) is 160 cm³/mol. The number of carbonyl (C=O) groups is 3. The van der Waals surface area contributed by atoms with Crippen LogP contribution < -0.4 is 20.5 Å². The van der Waals surface area contributed by atoms with Crippen LogP contribution in [0.1, 0.15) is 18.1 Å². The molecule has 4 rings (SSSR count). The summed E-state index contributed by atoms with van der Waals surface area (Å²) < 4.78 is 10.5. The molecule has 0 bridgehead atoms. The Morgan fingerprint density at radius 3 is 2.24 bits per heavy atom. The maximum absolute atomic E-state index is 13.7. The van der Waals surface area contributed by atoms with Gasteiger partial charge in [0.15, 0.2) is 16.7 Å². The Morgan fingerprint density at radius 1 is 1.05 bits per heavy atom. The van der Waals surface area contributed by atoms with Gasteiger partial charge in [-0.15, -0.1) is 0 Å². The van der Waals surface area contributed by atoms with Crippen LogP contribution >= 0.6 is 11.8 Å². The first-order valence-corrected chi connectivity index (χ1v) is 13.6. The van der Waals surface area contributed by atoms with Gasteiger partial charge in [0.05, 0.1) is 24.8 Å². The quantitative estimate of drug-likeness (QED) is 0.261. The SMILES string of the molecule is COc1cc(/C=C2\SC(=Nc3ccccc3)N([C@@H](C)C(=O)N[C@@H](Cc3ccc(O)cc3)C(N)=O)C2=O)cc(OC)c1O. The van der Waals surface area contributed by atoms with Crippen LogP contribution in [-0.2, 0) is 20.8 Å². The number of nitrogens with two attached hydrogens (primary N) is 1. The first kappa shape index (κ1) is 30.0. The number of hydrogen-bond acceptors (Lipinski definition) is 9. The van der Waals surface area contributed by atoms with Crippen LogP contribution in [0.15, 0.2) is 76.6 Å². The third kappa shape index (κ3) is 6.84. The molecule has 0 saturated carbocycles. The van der Waals surface area contributed by atoms with Crippen LogP contribution in [0.5, 0.6) is 23.0 Å². The van der Waals surface area contributed by atoms with Gasteiger partial charge < -0.3 is 30.7 Å². The van der Waals surface area contributed by atoms with Gasteiger partial charge >= 0.3 is 0 Å². The van der Waals surface area contributed by atoms with Crippen LogP contribution in [0.3, 0.4) is 0 Å². The van der Waals surface area contributed by atoms with Crippen LogP contribution in [0, 0.1) is 0 Å². The molecular formula is C30H30N4O7S. The van der Waals surface area contributed by atoms with Gasteiger partial charge in [-0.2, -0.15) is 0 Å². The number of hydrogen-bond donors (Lipinski definition) is 4. The highest BCUT2D eigenvalue weighted by Crippen LogP contribution is 2.40. The second-order valence-corrected chi connectivity index (χ2v) is 10.3. The first-order valence-electron chi connectivity index (χ1n) is 12.8. The number of amides is 3. The minimum absolute atomic E-state index is 0.0652. The van der Waals surface area contributed by atoms with Gasteiger partial charge in [-0.25, -0.2) is 4.99 Å². The number of thioether (sulfide) groups is 1. The Labute approximate surface area is 246 Å². The number of aliphatic imine (C=N–C) groups is 1. The molecule has 0 aromatic heterocycles. The average Bonchev–Trinajstić information content (AvgIpc) is 3.28. The number of amidine groups is 1. The summed E-state index contributed by atoms with van der Waals surface area (Å²) in [6.45, 7) is 1.53. The van der Waals surface area contributed by atoms with Gasteiger partial charge in [0.25, 0.3) is 5.91 Å². The zero-order chi connectivity index (χ0) is 30.4. The van der Waals surface area contributed by atoms with E-state index in [9.17, 15) is 24.6 Å². The lowest BCUT2D eigenvalue weighted by atomic mass is 10.0. The van der Waals surface area contributed by atoms with E-state index in [0.29, 0.717) is 16.8 Å². The van der Waals surface area contributed by atoms with Crippen molar-refractivity contribution in [2.24, 2.45) is 10.7 Å². The third-order valence-electron chi connectivity index (χ3n) is 6.42. The summed E-state index contributed by atoms with van der Waals surface area (Å²) >= 11 is 1.07. The van der Waals surface area contributed by atoms with Crippen LogP contribution in [0.2, 0.25) is 0 Å². The van der Waals surface area contributed by atoms with E-state index in [1.807, 2.05) is 6.07 Å². The van der Waals surface area contributed by atoms with E-state index in [1.54, 1.807) is 54.6 Å². The second-order valence-electron chi connectivity index (χ2n) is 9.30. The molecule has 0 unspecified atom stereocenters. The van der Waals surface area contributed by atoms with Crippen molar-refractivity contribution in [2.45, 2.75) is 25.4 Å². The van der Waals surface area contributed by atoms with Gasteiger partial charge in [0, 0.05) is 6.42 Å². The van der Waals surface area contributed by atoms with E-state index in [0.717, 1.165) is 11.8 Å². The molecule has 11 nitrogen and oxygen atoms in total. The van der Waals surface area contributed by atoms with Crippen molar-refractivity contribution in [1.82, 2.24) is 10.2 Å². The number of carbonyl (C=O) groups excluding carboxylic acids is 3. The number of phenolic OH excluding ortho intramolecular Hbond substituents is 2. The summed E-state index contributed by atoms with van der Waals surface area (Å²) in [5.74, 6) is -1.65. The maximum atomic E-state index is 13.7. The summed E-state index contributed by atoms with van der Waals surface area (Å²) in [6, 6.07) is 16.1. The van der Waals surface area contributed by atoms with E-state index >= 15 is 0 Å². The number of methoxy groups -OCH3 is 2. The number of primary amides is 1. The van der Waals surface area contributed by atoms with E-state index < -0.39 is 29.8 Å². The summed E-state index contributed by atoms with van der Waals surface area (Å²) in [5.41, 5.74) is 7.34. The van der Waals surface area contributed by atoms with Gasteiger partial charge in [-0.3, -0.25) is 19.3 Å². The van der Waals surface area contributed by atoms with Crippen LogP contribution in [-0.4, -0.2) is 64.3 Å². The highest BCUT2D eigenvalue weighted by Gasteiger charge is 2.40. The number of nitrogens with zero attached hydrogens (tertiary/aromatic N) is 2. The van der Waals surface area contributed by atoms with Crippen molar-refractivity contribution in [3.05, 3.63) is 82.8 Å². The standard InChI is InChI=1S/C30H30N4O7S/c1-17(28(38)33-22(27(31)37)13-18-9-11-21(35)12-10-18)34-29(39)25(42-30(34)32-20-7-5-4-6-8-20)16-19-14-23(40-2)26(36)24(15-19)41-3/h4-12,14-17,22,35-36H,13H2,1-3H3,(H2,31,37)(H,33,38)/b25-16-,32-30?/t17-,22-/m0/s1. The van der Waals surface area contributed by atoms with Crippen molar-refractivity contribution in [3.8, 4) is 23.0 Å². The average molecular weight is 591 g/mol. The van der Waals surface area contributed by atoms with E-state index in [4.69, 9.17) is 15.2 Å². The fraction of sp³-hybridized carbons (Fsp3) is 0.200. The highest BCUT2D eigenvalue weighted by atomic mass is 32.2. The molecular weight excluding hydrogens is 560 g/mol. The largest absolute Gasteiger partial charge is 0.508 e. The monoisotopic (exact) mass is 590 g/mol. The van der Waals surface area contributed by atoms with Crippen LogP contribution in [0.25, 0.3) is 6.08 Å².